The smallest absolute Gasteiger partial charge is 0.390 e. The fraction of sp³-hybridized carbons (Fsp3) is 0.536. The van der Waals surface area contributed by atoms with Crippen LogP contribution in [0.15, 0.2) is 23.0 Å². The highest BCUT2D eigenvalue weighted by atomic mass is 19.4. The summed E-state index contributed by atoms with van der Waals surface area (Å²) in [4.78, 5) is 42.4. The fourth-order valence-corrected chi connectivity index (χ4v) is 6.58. The molecule has 0 radical (unpaired) electrons. The minimum atomic E-state index is -4.40. The van der Waals surface area contributed by atoms with Gasteiger partial charge in [0.2, 0.25) is 5.78 Å². The van der Waals surface area contributed by atoms with Crippen molar-refractivity contribution in [1.82, 2.24) is 10.2 Å². The Hall–Kier alpha value is -3.62. The molecule has 0 bridgehead atoms. The van der Waals surface area contributed by atoms with Crippen LogP contribution < -0.4 is 16.0 Å². The Kier molecular flexibility index (Phi) is 7.89. The lowest BCUT2D eigenvalue weighted by Gasteiger charge is -2.50. The van der Waals surface area contributed by atoms with Gasteiger partial charge in [-0.3, -0.25) is 19.3 Å². The van der Waals surface area contributed by atoms with Crippen molar-refractivity contribution in [3.8, 4) is 5.75 Å². The Morgan fingerprint density at radius 2 is 1.81 bits per heavy atom. The molecule has 1 amide bonds. The van der Waals surface area contributed by atoms with Crippen LogP contribution in [0.4, 0.5) is 18.9 Å². The third kappa shape index (κ3) is 4.90. The molecular formula is C28H35F3N4O7. The van der Waals surface area contributed by atoms with Gasteiger partial charge >= 0.3 is 6.18 Å². The van der Waals surface area contributed by atoms with Gasteiger partial charge in [-0.25, -0.2) is 0 Å². The van der Waals surface area contributed by atoms with E-state index in [1.54, 1.807) is 25.1 Å². The van der Waals surface area contributed by atoms with Gasteiger partial charge in [0.15, 0.2) is 11.4 Å². The number of nitrogens with one attached hydrogen (secondary N) is 1. The Bertz CT molecular complexity index is 1420. The van der Waals surface area contributed by atoms with Crippen LogP contribution in [0.25, 0.3) is 5.76 Å². The van der Waals surface area contributed by atoms with E-state index in [0.29, 0.717) is 11.3 Å². The van der Waals surface area contributed by atoms with Gasteiger partial charge in [0.05, 0.1) is 18.0 Å². The predicted molar refractivity (Wildman–Crippen MR) is 146 cm³/mol. The van der Waals surface area contributed by atoms with E-state index in [9.17, 15) is 48.0 Å². The number of alkyl halides is 3. The number of Topliss-reactive ketones (excluding diaryl/α,β-unsaturated/α-hetero) is 2. The zero-order chi connectivity index (χ0) is 31.6. The fourth-order valence-electron chi connectivity index (χ4n) is 6.58. The van der Waals surface area contributed by atoms with E-state index in [1.807, 2.05) is 0 Å². The molecule has 0 heterocycles. The van der Waals surface area contributed by atoms with Crippen LogP contribution in [0.5, 0.6) is 5.75 Å². The summed E-state index contributed by atoms with van der Waals surface area (Å²) in [6, 6.07) is -0.601. The lowest BCUT2D eigenvalue weighted by molar-refractivity contribution is -0.153. The first-order valence-electron chi connectivity index (χ1n) is 13.3. The standard InChI is InChI=1S/C28H35F3N4O7/c1-11(9-27(29,30)31)33-10-13-8-16(34(2)3)14-6-12-7-15-20(35(4)5)23(38)19(26(32)41)25(40)28(15,42)24(39)17(12)22(37)18(14)21(13)36/h8,11-12,15,20,33,36-37,40,42H,6-7,9-10H2,1-5H3,(H2,32,41)/t11?,12-,15-,20-,28-/m0/s1. The third-order valence-corrected chi connectivity index (χ3v) is 8.44. The molecular weight excluding hydrogens is 561 g/mol. The molecule has 0 aliphatic heterocycles. The highest BCUT2D eigenvalue weighted by Crippen LogP contribution is 2.54. The van der Waals surface area contributed by atoms with Gasteiger partial charge in [-0.05, 0) is 51.4 Å². The molecule has 0 aromatic heterocycles. The number of carbonyl (C=O) groups is 3. The zero-order valence-corrected chi connectivity index (χ0v) is 23.8. The number of aliphatic hydroxyl groups excluding tert-OH is 2. The molecule has 42 heavy (non-hydrogen) atoms. The van der Waals surface area contributed by atoms with Gasteiger partial charge in [-0.2, -0.15) is 13.2 Å². The van der Waals surface area contributed by atoms with Crippen molar-refractivity contribution in [1.29, 1.82) is 0 Å². The monoisotopic (exact) mass is 596 g/mol. The number of halogens is 3. The summed E-state index contributed by atoms with van der Waals surface area (Å²) in [5, 5.41) is 48.1. The van der Waals surface area contributed by atoms with Crippen molar-refractivity contribution in [3.63, 3.8) is 0 Å². The number of rotatable bonds is 7. The van der Waals surface area contributed by atoms with Gasteiger partial charge in [0, 0.05) is 49.4 Å². The summed E-state index contributed by atoms with van der Waals surface area (Å²) < 4.78 is 38.5. The lowest BCUT2D eigenvalue weighted by Crippen LogP contribution is -2.65. The maximum atomic E-state index is 14.0. The van der Waals surface area contributed by atoms with Crippen molar-refractivity contribution < 1.29 is 48.0 Å². The van der Waals surface area contributed by atoms with E-state index in [1.165, 1.54) is 25.9 Å². The van der Waals surface area contributed by atoms with Gasteiger partial charge < -0.3 is 36.4 Å². The second-order valence-electron chi connectivity index (χ2n) is 11.7. The van der Waals surface area contributed by atoms with Gasteiger partial charge in [-0.15, -0.1) is 0 Å². The van der Waals surface area contributed by atoms with E-state index in [2.05, 4.69) is 5.32 Å². The number of phenols is 1. The number of benzene rings is 1. The molecule has 3 aliphatic rings. The quantitative estimate of drug-likeness (QED) is 0.253. The maximum absolute atomic E-state index is 14.0. The molecule has 3 aliphatic carbocycles. The van der Waals surface area contributed by atoms with Crippen LogP contribution in [-0.4, -0.2) is 94.9 Å². The topological polar surface area (TPSA) is 177 Å². The molecule has 1 aromatic rings. The number of fused-ring (bicyclic) bond motifs is 3. The number of likely N-dealkylation sites (N-methyl/N-ethyl adjacent to an activating group) is 1. The van der Waals surface area contributed by atoms with Crippen LogP contribution in [0.2, 0.25) is 0 Å². The number of aliphatic hydroxyl groups is 3. The maximum Gasteiger partial charge on any atom is 0.390 e. The average molecular weight is 597 g/mol. The first-order chi connectivity index (χ1) is 19.3. The van der Waals surface area contributed by atoms with Crippen molar-refractivity contribution >= 4 is 28.9 Å². The van der Waals surface area contributed by atoms with Crippen molar-refractivity contribution in [2.45, 2.75) is 56.6 Å². The molecule has 0 saturated heterocycles. The molecule has 7 N–H and O–H groups in total. The number of hydrogen-bond donors (Lipinski definition) is 6. The Morgan fingerprint density at radius 3 is 2.33 bits per heavy atom. The summed E-state index contributed by atoms with van der Waals surface area (Å²) in [5.41, 5.74) is 2.37. The zero-order valence-electron chi connectivity index (χ0n) is 23.8. The molecule has 5 atom stereocenters. The van der Waals surface area contributed by atoms with Gasteiger partial charge in [0.25, 0.3) is 5.91 Å². The van der Waals surface area contributed by atoms with Gasteiger partial charge in [-0.1, -0.05) is 0 Å². The summed E-state index contributed by atoms with van der Waals surface area (Å²) in [7, 11) is 6.43. The van der Waals surface area contributed by atoms with Crippen molar-refractivity contribution in [2.24, 2.45) is 17.6 Å². The third-order valence-electron chi connectivity index (χ3n) is 8.44. The van der Waals surface area contributed by atoms with E-state index in [4.69, 9.17) is 5.73 Å². The number of aromatic hydroxyl groups is 1. The number of ketones is 2. The van der Waals surface area contributed by atoms with E-state index in [-0.39, 0.29) is 36.1 Å². The number of nitrogens with two attached hydrogens (primary N) is 1. The number of phenolic OH excluding ortho intramolecular Hbond substituents is 1. The molecule has 1 aromatic carbocycles. The number of carbonyl (C=O) groups excluding carboxylic acids is 3. The normalized spacial score (nSPS) is 26.7. The SMILES string of the molecule is CC(CC(F)(F)F)NCc1cc(N(C)C)c2c(c1O)C(O)=C1C(=O)[C@]3(O)C(O)=C(C(N)=O)C(=O)[C@@H](N(C)C)[C@@H]3C[C@@H]1C2. The Labute approximate surface area is 240 Å². The highest BCUT2D eigenvalue weighted by Gasteiger charge is 2.64. The van der Waals surface area contributed by atoms with E-state index < -0.39 is 82.4 Å². The number of primary amides is 1. The lowest BCUT2D eigenvalue weighted by atomic mass is 9.57. The molecule has 1 fully saturated rings. The number of nitrogens with zero attached hydrogens (tertiary/aromatic N) is 2. The van der Waals surface area contributed by atoms with Crippen LogP contribution >= 0.6 is 0 Å². The van der Waals surface area contributed by atoms with Gasteiger partial charge in [0.1, 0.15) is 22.8 Å². The number of anilines is 1. The summed E-state index contributed by atoms with van der Waals surface area (Å²) in [6.07, 6.45) is -5.48. The molecule has 14 heteroatoms. The average Bonchev–Trinajstić information content (AvgIpc) is 2.84. The number of amides is 1. The predicted octanol–water partition coefficient (Wildman–Crippen LogP) is 1.46. The Balaban J connectivity index is 1.87. The first kappa shape index (κ1) is 31.3. The molecule has 1 saturated carbocycles. The molecule has 11 nitrogen and oxygen atoms in total. The minimum Gasteiger partial charge on any atom is -0.508 e. The molecule has 0 spiro atoms. The first-order valence-corrected chi connectivity index (χ1v) is 13.3. The van der Waals surface area contributed by atoms with Crippen LogP contribution in [0, 0.1) is 11.8 Å². The summed E-state index contributed by atoms with van der Waals surface area (Å²) in [5.74, 6) is -7.59. The second kappa shape index (κ2) is 10.6. The molecule has 1 unspecified atom stereocenters. The van der Waals surface area contributed by atoms with Crippen molar-refractivity contribution in [2.75, 3.05) is 33.1 Å². The highest BCUT2D eigenvalue weighted by molar-refractivity contribution is 6.24. The number of hydrogen-bond acceptors (Lipinski definition) is 10. The minimum absolute atomic E-state index is 0.0579. The molecule has 4 rings (SSSR count). The largest absolute Gasteiger partial charge is 0.508 e. The summed E-state index contributed by atoms with van der Waals surface area (Å²) >= 11 is 0. The van der Waals surface area contributed by atoms with Crippen LogP contribution in [0.1, 0.15) is 36.5 Å². The van der Waals surface area contributed by atoms with Crippen LogP contribution in [0.3, 0.4) is 0 Å². The Morgan fingerprint density at radius 1 is 1.19 bits per heavy atom. The van der Waals surface area contributed by atoms with Crippen molar-refractivity contribution in [3.05, 3.63) is 39.7 Å². The summed E-state index contributed by atoms with van der Waals surface area (Å²) in [6.45, 7) is 1.15. The van der Waals surface area contributed by atoms with E-state index >= 15 is 0 Å². The van der Waals surface area contributed by atoms with Crippen LogP contribution in [-0.2, 0) is 27.3 Å². The molecule has 230 valence electrons. The second-order valence-corrected chi connectivity index (χ2v) is 11.7. The van der Waals surface area contributed by atoms with E-state index in [0.717, 1.165) is 0 Å².